The van der Waals surface area contributed by atoms with Crippen LogP contribution in [-0.2, 0) is 20.9 Å². The van der Waals surface area contributed by atoms with E-state index in [0.29, 0.717) is 6.54 Å². The summed E-state index contributed by atoms with van der Waals surface area (Å²) in [6.45, 7) is 7.79. The predicted octanol–water partition coefficient (Wildman–Crippen LogP) is 2.13. The van der Waals surface area contributed by atoms with Gasteiger partial charge in [0.15, 0.2) is 0 Å². The van der Waals surface area contributed by atoms with Crippen LogP contribution in [0.4, 0.5) is 0 Å². The average Bonchev–Trinajstić information content (AvgIpc) is 2.33. The highest BCUT2D eigenvalue weighted by molar-refractivity contribution is 5.81. The molecule has 1 heterocycles. The molecule has 0 unspecified atom stereocenters. The summed E-state index contributed by atoms with van der Waals surface area (Å²) in [5.41, 5.74) is 1.53. The van der Waals surface area contributed by atoms with Crippen molar-refractivity contribution in [2.45, 2.75) is 52.7 Å². The Morgan fingerprint density at radius 3 is 2.60 bits per heavy atom. The van der Waals surface area contributed by atoms with Gasteiger partial charge in [0.05, 0.1) is 6.42 Å². The first kappa shape index (κ1) is 16.1. The largest absolute Gasteiger partial charge is 0.460 e. The van der Waals surface area contributed by atoms with Crippen LogP contribution in [-0.4, -0.2) is 22.5 Å². The maximum absolute atomic E-state index is 11.7. The second-order valence-electron chi connectivity index (χ2n) is 5.67. The SMILES string of the molecule is Cc1ccncc1CNC(=O)CCC(=O)OC(C)(C)C. The summed E-state index contributed by atoms with van der Waals surface area (Å²) in [5.74, 6) is -0.524. The third kappa shape index (κ3) is 6.31. The summed E-state index contributed by atoms with van der Waals surface area (Å²) in [5, 5.41) is 2.77. The number of esters is 1. The van der Waals surface area contributed by atoms with E-state index in [9.17, 15) is 9.59 Å². The lowest BCUT2D eigenvalue weighted by molar-refractivity contribution is -0.155. The number of pyridine rings is 1. The zero-order chi connectivity index (χ0) is 15.2. The molecule has 5 nitrogen and oxygen atoms in total. The van der Waals surface area contributed by atoms with Gasteiger partial charge in [-0.1, -0.05) is 0 Å². The van der Waals surface area contributed by atoms with E-state index in [0.717, 1.165) is 11.1 Å². The molecular weight excluding hydrogens is 256 g/mol. The van der Waals surface area contributed by atoms with Gasteiger partial charge in [0.2, 0.25) is 5.91 Å². The summed E-state index contributed by atoms with van der Waals surface area (Å²) in [6, 6.07) is 1.89. The third-order valence-corrected chi connectivity index (χ3v) is 2.60. The summed E-state index contributed by atoms with van der Waals surface area (Å²) < 4.78 is 5.14. The number of ether oxygens (including phenoxy) is 1. The van der Waals surface area contributed by atoms with E-state index in [4.69, 9.17) is 4.74 Å². The second-order valence-corrected chi connectivity index (χ2v) is 5.67. The van der Waals surface area contributed by atoms with Crippen LogP contribution in [0.25, 0.3) is 0 Å². The topological polar surface area (TPSA) is 68.3 Å². The van der Waals surface area contributed by atoms with Crippen molar-refractivity contribution in [3.05, 3.63) is 29.6 Å². The van der Waals surface area contributed by atoms with E-state index in [1.807, 2.05) is 13.0 Å². The first-order valence-corrected chi connectivity index (χ1v) is 6.66. The van der Waals surface area contributed by atoms with Crippen molar-refractivity contribution in [2.24, 2.45) is 0 Å². The molecule has 1 rings (SSSR count). The first-order chi connectivity index (χ1) is 9.28. The Kier molecular flexibility index (Phi) is 5.67. The van der Waals surface area contributed by atoms with Crippen molar-refractivity contribution in [2.75, 3.05) is 0 Å². The van der Waals surface area contributed by atoms with E-state index in [1.54, 1.807) is 33.2 Å². The minimum atomic E-state index is -0.514. The van der Waals surface area contributed by atoms with Gasteiger partial charge in [-0.3, -0.25) is 14.6 Å². The molecule has 20 heavy (non-hydrogen) atoms. The molecule has 0 aliphatic carbocycles. The van der Waals surface area contributed by atoms with Crippen molar-refractivity contribution >= 4 is 11.9 Å². The van der Waals surface area contributed by atoms with Crippen molar-refractivity contribution in [3.63, 3.8) is 0 Å². The lowest BCUT2D eigenvalue weighted by Crippen LogP contribution is -2.27. The summed E-state index contributed by atoms with van der Waals surface area (Å²) in [7, 11) is 0. The Morgan fingerprint density at radius 2 is 2.00 bits per heavy atom. The Labute approximate surface area is 119 Å². The fourth-order valence-electron chi connectivity index (χ4n) is 1.57. The highest BCUT2D eigenvalue weighted by atomic mass is 16.6. The van der Waals surface area contributed by atoms with E-state index in [-0.39, 0.29) is 24.7 Å². The molecule has 0 aliphatic rings. The number of aryl methyl sites for hydroxylation is 1. The van der Waals surface area contributed by atoms with Crippen LogP contribution < -0.4 is 5.32 Å². The Balaban J connectivity index is 2.31. The van der Waals surface area contributed by atoms with Crippen LogP contribution >= 0.6 is 0 Å². The highest BCUT2D eigenvalue weighted by Gasteiger charge is 2.17. The lowest BCUT2D eigenvalue weighted by atomic mass is 10.1. The van der Waals surface area contributed by atoms with Gasteiger partial charge in [0.25, 0.3) is 0 Å². The molecule has 5 heteroatoms. The monoisotopic (exact) mass is 278 g/mol. The minimum Gasteiger partial charge on any atom is -0.460 e. The van der Waals surface area contributed by atoms with Crippen molar-refractivity contribution in [1.29, 1.82) is 0 Å². The fourth-order valence-corrected chi connectivity index (χ4v) is 1.57. The number of hydrogen-bond acceptors (Lipinski definition) is 4. The van der Waals surface area contributed by atoms with E-state index in [2.05, 4.69) is 10.3 Å². The second kappa shape index (κ2) is 7.03. The van der Waals surface area contributed by atoms with Crippen molar-refractivity contribution < 1.29 is 14.3 Å². The van der Waals surface area contributed by atoms with Crippen LogP contribution in [0.2, 0.25) is 0 Å². The summed E-state index contributed by atoms with van der Waals surface area (Å²) in [6.07, 6.45) is 3.66. The van der Waals surface area contributed by atoms with E-state index < -0.39 is 5.60 Å². The number of nitrogens with zero attached hydrogens (tertiary/aromatic N) is 1. The summed E-state index contributed by atoms with van der Waals surface area (Å²) >= 11 is 0. The maximum atomic E-state index is 11.7. The van der Waals surface area contributed by atoms with Gasteiger partial charge in [-0.15, -0.1) is 0 Å². The Hall–Kier alpha value is -1.91. The van der Waals surface area contributed by atoms with Crippen LogP contribution in [0, 0.1) is 6.92 Å². The van der Waals surface area contributed by atoms with Gasteiger partial charge in [0, 0.05) is 25.4 Å². The number of carbonyl (C=O) groups is 2. The normalized spacial score (nSPS) is 11.0. The van der Waals surface area contributed by atoms with Crippen LogP contribution in [0.3, 0.4) is 0 Å². The molecule has 0 saturated carbocycles. The van der Waals surface area contributed by atoms with E-state index in [1.165, 1.54) is 0 Å². The molecule has 0 bridgehead atoms. The van der Waals surface area contributed by atoms with Crippen molar-refractivity contribution in [3.8, 4) is 0 Å². The molecule has 0 saturated heterocycles. The quantitative estimate of drug-likeness (QED) is 0.838. The average molecular weight is 278 g/mol. The van der Waals surface area contributed by atoms with Gasteiger partial charge in [-0.05, 0) is 44.9 Å². The number of carbonyl (C=O) groups excluding carboxylic acids is 2. The molecule has 1 aromatic rings. The lowest BCUT2D eigenvalue weighted by Gasteiger charge is -2.19. The van der Waals surface area contributed by atoms with Gasteiger partial charge in [-0.25, -0.2) is 0 Å². The molecule has 0 radical (unpaired) electrons. The van der Waals surface area contributed by atoms with Gasteiger partial charge in [-0.2, -0.15) is 0 Å². The highest BCUT2D eigenvalue weighted by Crippen LogP contribution is 2.09. The molecule has 0 fully saturated rings. The van der Waals surface area contributed by atoms with Gasteiger partial charge < -0.3 is 10.1 Å². The smallest absolute Gasteiger partial charge is 0.306 e. The zero-order valence-corrected chi connectivity index (χ0v) is 12.5. The summed E-state index contributed by atoms with van der Waals surface area (Å²) in [4.78, 5) is 27.2. The van der Waals surface area contributed by atoms with Gasteiger partial charge >= 0.3 is 5.97 Å². The third-order valence-electron chi connectivity index (χ3n) is 2.60. The minimum absolute atomic E-state index is 0.0924. The number of amides is 1. The molecular formula is C15H22N2O3. The Bertz CT molecular complexity index is 478. The number of aromatic nitrogens is 1. The molecule has 0 aromatic carbocycles. The van der Waals surface area contributed by atoms with Crippen LogP contribution in [0.1, 0.15) is 44.7 Å². The molecule has 1 amide bonds. The standard InChI is InChI=1S/C15H22N2O3/c1-11-7-8-16-9-12(11)10-17-13(18)5-6-14(19)20-15(2,3)4/h7-9H,5-6,10H2,1-4H3,(H,17,18). The molecule has 0 aliphatic heterocycles. The van der Waals surface area contributed by atoms with Crippen LogP contribution in [0.5, 0.6) is 0 Å². The zero-order valence-electron chi connectivity index (χ0n) is 12.5. The predicted molar refractivity (Wildman–Crippen MR) is 75.9 cm³/mol. The van der Waals surface area contributed by atoms with Crippen LogP contribution in [0.15, 0.2) is 18.5 Å². The number of rotatable bonds is 5. The molecule has 0 spiro atoms. The molecule has 1 aromatic heterocycles. The number of hydrogen-bond donors (Lipinski definition) is 1. The Morgan fingerprint density at radius 1 is 1.30 bits per heavy atom. The number of nitrogens with one attached hydrogen (secondary N) is 1. The fraction of sp³-hybridized carbons (Fsp3) is 0.533. The maximum Gasteiger partial charge on any atom is 0.306 e. The van der Waals surface area contributed by atoms with E-state index >= 15 is 0 Å². The molecule has 110 valence electrons. The molecule has 1 N–H and O–H groups in total. The first-order valence-electron chi connectivity index (χ1n) is 6.66. The van der Waals surface area contributed by atoms with Crippen molar-refractivity contribution in [1.82, 2.24) is 10.3 Å². The van der Waals surface area contributed by atoms with Gasteiger partial charge in [0.1, 0.15) is 5.60 Å². The molecule has 0 atom stereocenters.